The fourth-order valence-electron chi connectivity index (χ4n) is 3.47. The first kappa shape index (κ1) is 21.7. The van der Waals surface area contributed by atoms with E-state index in [1.54, 1.807) is 28.8 Å². The van der Waals surface area contributed by atoms with Crippen molar-refractivity contribution in [1.29, 1.82) is 5.26 Å². The van der Waals surface area contributed by atoms with Gasteiger partial charge in [-0.15, -0.1) is 0 Å². The van der Waals surface area contributed by atoms with Gasteiger partial charge < -0.3 is 15.2 Å². The van der Waals surface area contributed by atoms with Gasteiger partial charge in [0.2, 0.25) is 5.82 Å². The van der Waals surface area contributed by atoms with E-state index in [-0.39, 0.29) is 22.6 Å². The number of fused-ring (bicyclic) bond motifs is 1. The van der Waals surface area contributed by atoms with Gasteiger partial charge in [0.05, 0.1) is 17.5 Å². The molecule has 2 heterocycles. The molecule has 0 saturated carbocycles. The van der Waals surface area contributed by atoms with E-state index in [2.05, 4.69) is 15.3 Å². The van der Waals surface area contributed by atoms with Crippen LogP contribution in [-0.4, -0.2) is 32.1 Å². The molecule has 0 aliphatic carbocycles. The molecule has 0 saturated heterocycles. The second-order valence-corrected chi connectivity index (χ2v) is 6.95. The summed E-state index contributed by atoms with van der Waals surface area (Å²) in [5.74, 6) is -3.34. The molecule has 0 aliphatic rings. The topological polar surface area (TPSA) is 113 Å². The van der Waals surface area contributed by atoms with Crippen LogP contribution in [0.3, 0.4) is 0 Å². The summed E-state index contributed by atoms with van der Waals surface area (Å²) in [6.07, 6.45) is 4.96. The van der Waals surface area contributed by atoms with Gasteiger partial charge in [-0.05, 0) is 42.3 Å². The Morgan fingerprint density at radius 2 is 2.06 bits per heavy atom. The maximum Gasteiger partial charge on any atom is 0.335 e. The summed E-state index contributed by atoms with van der Waals surface area (Å²) in [6.45, 7) is 1.45. The zero-order valence-electron chi connectivity index (χ0n) is 17.3. The molecular weight excluding hydrogens is 432 g/mol. The molecule has 0 aliphatic heterocycles. The Hall–Kier alpha value is -4.52. The summed E-state index contributed by atoms with van der Waals surface area (Å²) in [5, 5.41) is 21.0. The van der Waals surface area contributed by atoms with Gasteiger partial charge in [0, 0.05) is 23.6 Å². The number of hydrogen-bond donors (Lipinski definition) is 2. The van der Waals surface area contributed by atoms with Gasteiger partial charge in [0.15, 0.2) is 29.6 Å². The van der Waals surface area contributed by atoms with E-state index in [4.69, 9.17) is 10.00 Å². The van der Waals surface area contributed by atoms with Crippen molar-refractivity contribution in [3.8, 4) is 23.1 Å². The standard InChI is InChI=1S/C23H17F2N5O3/c1-2-13-11-14(3-4-15(13)23(31)32)29-21-22-28-12-17(30(22)9-8-27-21)16-5-6-18(33-10-7-26)20(25)19(16)24/h3-6,8-9,11-12H,2,10H2,1H3,(H,27,29)(H,31,32). The first-order valence-corrected chi connectivity index (χ1v) is 9.88. The van der Waals surface area contributed by atoms with E-state index < -0.39 is 24.2 Å². The smallest absolute Gasteiger partial charge is 0.335 e. The van der Waals surface area contributed by atoms with Crippen LogP contribution in [-0.2, 0) is 6.42 Å². The normalized spacial score (nSPS) is 10.7. The molecule has 2 N–H and O–H groups in total. The fraction of sp³-hybridized carbons (Fsp3) is 0.130. The number of anilines is 2. The van der Waals surface area contributed by atoms with Gasteiger partial charge in [0.25, 0.3) is 0 Å². The molecule has 0 fully saturated rings. The highest BCUT2D eigenvalue weighted by atomic mass is 19.2. The number of carboxylic acid groups (broad SMARTS) is 1. The zero-order valence-corrected chi connectivity index (χ0v) is 17.3. The number of benzene rings is 2. The van der Waals surface area contributed by atoms with Gasteiger partial charge in [-0.1, -0.05) is 6.92 Å². The lowest BCUT2D eigenvalue weighted by molar-refractivity contribution is 0.0695. The Morgan fingerprint density at radius 1 is 1.24 bits per heavy atom. The molecule has 4 aromatic rings. The Kier molecular flexibility index (Phi) is 5.87. The van der Waals surface area contributed by atoms with Crippen LogP contribution >= 0.6 is 0 Å². The van der Waals surface area contributed by atoms with Crippen LogP contribution in [0.15, 0.2) is 48.9 Å². The summed E-state index contributed by atoms with van der Waals surface area (Å²) < 4.78 is 35.6. The van der Waals surface area contributed by atoms with Crippen molar-refractivity contribution in [2.75, 3.05) is 11.9 Å². The van der Waals surface area contributed by atoms with Crippen molar-refractivity contribution in [2.45, 2.75) is 13.3 Å². The number of rotatable bonds is 7. The Labute approximate surface area is 186 Å². The van der Waals surface area contributed by atoms with Crippen LogP contribution in [0.2, 0.25) is 0 Å². The summed E-state index contributed by atoms with van der Waals surface area (Å²) in [4.78, 5) is 19.9. The molecule has 0 unspecified atom stereocenters. The fourth-order valence-corrected chi connectivity index (χ4v) is 3.47. The Balaban J connectivity index is 1.72. The number of aryl methyl sites for hydroxylation is 1. The van der Waals surface area contributed by atoms with E-state index in [1.807, 2.05) is 6.92 Å². The van der Waals surface area contributed by atoms with Crippen LogP contribution in [0.1, 0.15) is 22.8 Å². The van der Waals surface area contributed by atoms with Crippen molar-refractivity contribution >= 4 is 23.1 Å². The second kappa shape index (κ2) is 8.92. The molecule has 0 bridgehead atoms. The van der Waals surface area contributed by atoms with Crippen molar-refractivity contribution in [2.24, 2.45) is 0 Å². The summed E-state index contributed by atoms with van der Waals surface area (Å²) >= 11 is 0. The van der Waals surface area contributed by atoms with Crippen LogP contribution in [0.4, 0.5) is 20.3 Å². The number of nitrogens with zero attached hydrogens (tertiary/aromatic N) is 4. The molecular formula is C23H17F2N5O3. The van der Waals surface area contributed by atoms with E-state index >= 15 is 0 Å². The summed E-state index contributed by atoms with van der Waals surface area (Å²) in [6, 6.07) is 9.14. The third-order valence-corrected chi connectivity index (χ3v) is 5.02. The van der Waals surface area contributed by atoms with Crippen molar-refractivity contribution < 1.29 is 23.4 Å². The predicted molar refractivity (Wildman–Crippen MR) is 116 cm³/mol. The maximum absolute atomic E-state index is 14.8. The Morgan fingerprint density at radius 3 is 2.79 bits per heavy atom. The highest BCUT2D eigenvalue weighted by Gasteiger charge is 2.19. The van der Waals surface area contributed by atoms with Crippen molar-refractivity contribution in [3.63, 3.8) is 0 Å². The number of ether oxygens (including phenoxy) is 1. The number of halogens is 2. The average Bonchev–Trinajstić information content (AvgIpc) is 3.25. The molecule has 0 atom stereocenters. The number of carboxylic acids is 1. The third kappa shape index (κ3) is 4.04. The number of aromatic carboxylic acids is 1. The molecule has 8 nitrogen and oxygen atoms in total. The van der Waals surface area contributed by atoms with E-state index in [0.717, 1.165) is 0 Å². The molecule has 2 aromatic carbocycles. The third-order valence-electron chi connectivity index (χ3n) is 5.02. The molecule has 0 radical (unpaired) electrons. The van der Waals surface area contributed by atoms with Gasteiger partial charge in [-0.3, -0.25) is 4.40 Å². The monoisotopic (exact) mass is 449 g/mol. The summed E-state index contributed by atoms with van der Waals surface area (Å²) in [7, 11) is 0. The van der Waals surface area contributed by atoms with Crippen LogP contribution in [0, 0.1) is 23.0 Å². The second-order valence-electron chi connectivity index (χ2n) is 6.95. The van der Waals surface area contributed by atoms with Gasteiger partial charge in [0.1, 0.15) is 6.07 Å². The minimum atomic E-state index is -1.20. The molecule has 0 amide bonds. The van der Waals surface area contributed by atoms with E-state index in [1.165, 1.54) is 30.6 Å². The van der Waals surface area contributed by atoms with Gasteiger partial charge in [-0.2, -0.15) is 9.65 Å². The van der Waals surface area contributed by atoms with E-state index in [0.29, 0.717) is 29.1 Å². The lowest BCUT2D eigenvalue weighted by Crippen LogP contribution is -2.04. The van der Waals surface area contributed by atoms with E-state index in [9.17, 15) is 18.7 Å². The molecule has 33 heavy (non-hydrogen) atoms. The Bertz CT molecular complexity index is 1410. The highest BCUT2D eigenvalue weighted by Crippen LogP contribution is 2.31. The predicted octanol–water partition coefficient (Wildman–Crippen LogP) is 4.58. The average molecular weight is 449 g/mol. The number of hydrogen-bond acceptors (Lipinski definition) is 6. The SMILES string of the molecule is CCc1cc(Nc2nccn3c(-c4ccc(OCC#N)c(F)c4F)cnc23)ccc1C(=O)O. The minimum absolute atomic E-state index is 0.0412. The largest absolute Gasteiger partial charge is 0.478 e. The van der Waals surface area contributed by atoms with Crippen LogP contribution < -0.4 is 10.1 Å². The molecule has 166 valence electrons. The maximum atomic E-state index is 14.8. The highest BCUT2D eigenvalue weighted by molar-refractivity contribution is 5.90. The molecule has 10 heteroatoms. The quantitative estimate of drug-likeness (QED) is 0.425. The minimum Gasteiger partial charge on any atom is -0.478 e. The molecule has 0 spiro atoms. The first-order chi connectivity index (χ1) is 15.9. The summed E-state index contributed by atoms with van der Waals surface area (Å²) in [5.41, 5.74) is 2.09. The lowest BCUT2D eigenvalue weighted by atomic mass is 10.0. The number of imidazole rings is 1. The zero-order chi connectivity index (χ0) is 23.5. The van der Waals surface area contributed by atoms with Gasteiger partial charge in [-0.25, -0.2) is 19.2 Å². The number of carbonyl (C=O) groups is 1. The number of nitrogens with one attached hydrogen (secondary N) is 1. The molecule has 2 aromatic heterocycles. The number of aromatic nitrogens is 3. The van der Waals surface area contributed by atoms with Gasteiger partial charge >= 0.3 is 5.97 Å². The van der Waals surface area contributed by atoms with Crippen LogP contribution in [0.25, 0.3) is 16.9 Å². The van der Waals surface area contributed by atoms with Crippen LogP contribution in [0.5, 0.6) is 5.75 Å². The first-order valence-electron chi connectivity index (χ1n) is 9.88. The molecule has 4 rings (SSSR count). The van der Waals surface area contributed by atoms with Crippen molar-refractivity contribution in [3.05, 3.63) is 71.7 Å². The number of nitriles is 1. The van der Waals surface area contributed by atoms with Crippen molar-refractivity contribution in [1.82, 2.24) is 14.4 Å². The lowest BCUT2D eigenvalue weighted by Gasteiger charge is -2.11.